The summed E-state index contributed by atoms with van der Waals surface area (Å²) in [5, 5.41) is 8.84. The number of carboxylic acid groups (broad SMARTS) is 1. The van der Waals surface area contributed by atoms with Crippen LogP contribution in [-0.2, 0) is 14.3 Å². The molecule has 1 aliphatic rings. The van der Waals surface area contributed by atoms with Crippen LogP contribution in [0.2, 0.25) is 0 Å². The molecule has 0 spiro atoms. The van der Waals surface area contributed by atoms with Gasteiger partial charge in [-0.1, -0.05) is 6.92 Å². The fraction of sp³-hybridized carbons (Fsp3) is 0.833. The Hall–Kier alpha value is -0.750. The Bertz CT molecular complexity index is 310. The monoisotopic (exact) mass is 275 g/mol. The van der Waals surface area contributed by atoms with Crippen LogP contribution < -0.4 is 0 Å². The maximum Gasteiger partial charge on any atom is 0.332 e. The molecular weight excluding hydrogens is 254 g/mol. The topological polar surface area (TPSA) is 66.8 Å². The highest BCUT2D eigenvalue weighted by molar-refractivity contribution is 7.98. The van der Waals surface area contributed by atoms with Crippen molar-refractivity contribution in [2.75, 3.05) is 19.1 Å². The zero-order valence-electron chi connectivity index (χ0n) is 11.1. The van der Waals surface area contributed by atoms with Crippen molar-refractivity contribution in [1.29, 1.82) is 0 Å². The summed E-state index contributed by atoms with van der Waals surface area (Å²) in [5.74, 6) is -0.197. The molecule has 3 atom stereocenters. The van der Waals surface area contributed by atoms with Crippen molar-refractivity contribution in [3.05, 3.63) is 0 Å². The molecule has 0 aromatic heterocycles. The van der Waals surface area contributed by atoms with E-state index < -0.39 is 18.2 Å². The minimum atomic E-state index is -0.982. The number of amides is 1. The van der Waals surface area contributed by atoms with Gasteiger partial charge in [-0.15, -0.1) is 0 Å². The molecule has 0 saturated carbocycles. The van der Waals surface area contributed by atoms with E-state index in [0.717, 1.165) is 12.2 Å². The van der Waals surface area contributed by atoms with Gasteiger partial charge in [-0.05, 0) is 25.5 Å². The average Bonchev–Trinajstić information content (AvgIpc) is 2.83. The number of hydrogen-bond donors (Lipinski definition) is 1. The zero-order valence-corrected chi connectivity index (χ0v) is 11.9. The van der Waals surface area contributed by atoms with Crippen LogP contribution in [0.15, 0.2) is 0 Å². The van der Waals surface area contributed by atoms with Crippen LogP contribution in [0.25, 0.3) is 0 Å². The summed E-state index contributed by atoms with van der Waals surface area (Å²) in [6.07, 6.45) is 2.39. The van der Waals surface area contributed by atoms with Crippen LogP contribution in [0.1, 0.15) is 26.2 Å². The van der Waals surface area contributed by atoms with Crippen LogP contribution in [0.5, 0.6) is 0 Å². The predicted molar refractivity (Wildman–Crippen MR) is 70.8 cm³/mol. The van der Waals surface area contributed by atoms with Crippen molar-refractivity contribution in [1.82, 2.24) is 4.90 Å². The van der Waals surface area contributed by atoms with Gasteiger partial charge in [-0.3, -0.25) is 4.79 Å². The maximum atomic E-state index is 12.2. The van der Waals surface area contributed by atoms with Crippen molar-refractivity contribution < 1.29 is 19.4 Å². The average molecular weight is 275 g/mol. The quantitative estimate of drug-likeness (QED) is 0.789. The fourth-order valence-electron chi connectivity index (χ4n) is 2.10. The highest BCUT2D eigenvalue weighted by atomic mass is 32.2. The lowest BCUT2D eigenvalue weighted by Gasteiger charge is -2.28. The van der Waals surface area contributed by atoms with E-state index in [4.69, 9.17) is 9.84 Å². The second kappa shape index (κ2) is 6.99. The summed E-state index contributed by atoms with van der Waals surface area (Å²) in [6.45, 7) is 2.04. The van der Waals surface area contributed by atoms with E-state index in [1.54, 1.807) is 23.7 Å². The van der Waals surface area contributed by atoms with E-state index in [0.29, 0.717) is 12.8 Å². The first-order chi connectivity index (χ1) is 8.51. The Morgan fingerprint density at radius 2 is 2.06 bits per heavy atom. The molecule has 1 rings (SSSR count). The Kier molecular flexibility index (Phi) is 5.95. The molecule has 0 aromatic rings. The molecule has 18 heavy (non-hydrogen) atoms. The summed E-state index contributed by atoms with van der Waals surface area (Å²) in [7, 11) is 1.77. The number of carbonyl (C=O) groups excluding carboxylic acids is 1. The van der Waals surface area contributed by atoms with Crippen molar-refractivity contribution in [2.24, 2.45) is 0 Å². The number of likely N-dealkylation sites (N-methyl/N-ethyl adjacent to an activating group) is 1. The molecule has 3 unspecified atom stereocenters. The minimum Gasteiger partial charge on any atom is -0.479 e. The van der Waals surface area contributed by atoms with Gasteiger partial charge in [0.25, 0.3) is 5.91 Å². The third-order valence-electron chi connectivity index (χ3n) is 3.30. The number of carbonyl (C=O) groups is 2. The smallest absolute Gasteiger partial charge is 0.332 e. The summed E-state index contributed by atoms with van der Waals surface area (Å²) < 4.78 is 5.28. The van der Waals surface area contributed by atoms with Crippen molar-refractivity contribution >= 4 is 23.6 Å². The molecule has 6 heteroatoms. The lowest BCUT2D eigenvalue weighted by Crippen LogP contribution is -2.44. The highest BCUT2D eigenvalue weighted by Crippen LogP contribution is 2.22. The number of rotatable bonds is 6. The van der Waals surface area contributed by atoms with Gasteiger partial charge in [-0.25, -0.2) is 4.79 Å². The van der Waals surface area contributed by atoms with Crippen LogP contribution in [0.3, 0.4) is 0 Å². The number of ether oxygens (including phenoxy) is 1. The molecule has 1 fully saturated rings. The van der Waals surface area contributed by atoms with Crippen LogP contribution >= 0.6 is 11.8 Å². The van der Waals surface area contributed by atoms with Gasteiger partial charge >= 0.3 is 5.97 Å². The molecule has 1 aliphatic heterocycles. The Labute approximate surface area is 112 Å². The van der Waals surface area contributed by atoms with E-state index in [-0.39, 0.29) is 11.9 Å². The third-order valence-corrected chi connectivity index (χ3v) is 4.01. The molecular formula is C12H21NO4S. The SMILES string of the molecule is CCC(CSC)N(C)C(=O)C1CCC(C(=O)O)O1. The Morgan fingerprint density at radius 1 is 1.44 bits per heavy atom. The lowest BCUT2D eigenvalue weighted by atomic mass is 10.1. The summed E-state index contributed by atoms with van der Waals surface area (Å²) >= 11 is 1.70. The molecule has 1 amide bonds. The van der Waals surface area contributed by atoms with Gasteiger partial charge in [-0.2, -0.15) is 11.8 Å². The van der Waals surface area contributed by atoms with Gasteiger partial charge in [0.15, 0.2) is 6.10 Å². The number of nitrogens with zero attached hydrogens (tertiary/aromatic N) is 1. The van der Waals surface area contributed by atoms with E-state index in [9.17, 15) is 9.59 Å². The number of thioether (sulfide) groups is 1. The predicted octanol–water partition coefficient (Wildman–Crippen LogP) is 1.22. The van der Waals surface area contributed by atoms with Crippen molar-refractivity contribution in [3.63, 3.8) is 0 Å². The number of hydrogen-bond acceptors (Lipinski definition) is 4. The number of aliphatic carboxylic acids is 1. The van der Waals surface area contributed by atoms with Gasteiger partial charge in [0, 0.05) is 18.8 Å². The first-order valence-electron chi connectivity index (χ1n) is 6.15. The van der Waals surface area contributed by atoms with Gasteiger partial charge in [0.05, 0.1) is 0 Å². The third kappa shape index (κ3) is 3.62. The van der Waals surface area contributed by atoms with Gasteiger partial charge in [0.1, 0.15) is 6.10 Å². The van der Waals surface area contributed by atoms with Crippen LogP contribution in [0, 0.1) is 0 Å². The van der Waals surface area contributed by atoms with Crippen molar-refractivity contribution in [3.8, 4) is 0 Å². The largest absolute Gasteiger partial charge is 0.479 e. The van der Waals surface area contributed by atoms with Crippen molar-refractivity contribution in [2.45, 2.75) is 44.4 Å². The summed E-state index contributed by atoms with van der Waals surface area (Å²) in [5.41, 5.74) is 0. The maximum absolute atomic E-state index is 12.2. The first kappa shape index (κ1) is 15.3. The molecule has 0 radical (unpaired) electrons. The second-order valence-electron chi connectivity index (χ2n) is 4.50. The highest BCUT2D eigenvalue weighted by Gasteiger charge is 2.37. The van der Waals surface area contributed by atoms with Crippen LogP contribution in [0.4, 0.5) is 0 Å². The standard InChI is InChI=1S/C12H21NO4S/c1-4-8(7-18-3)13(2)11(14)9-5-6-10(17-9)12(15)16/h8-10H,4-7H2,1-3H3,(H,15,16). The molecule has 1 N–H and O–H groups in total. The zero-order chi connectivity index (χ0) is 13.7. The summed E-state index contributed by atoms with van der Waals surface area (Å²) in [6, 6.07) is 0.181. The molecule has 0 bridgehead atoms. The van der Waals surface area contributed by atoms with E-state index in [1.807, 2.05) is 13.2 Å². The molecule has 0 aromatic carbocycles. The Morgan fingerprint density at radius 3 is 2.50 bits per heavy atom. The number of carboxylic acids is 1. The van der Waals surface area contributed by atoms with E-state index in [1.165, 1.54) is 0 Å². The van der Waals surface area contributed by atoms with Gasteiger partial charge < -0.3 is 14.7 Å². The van der Waals surface area contributed by atoms with E-state index >= 15 is 0 Å². The normalized spacial score (nSPS) is 24.8. The second-order valence-corrected chi connectivity index (χ2v) is 5.41. The minimum absolute atomic E-state index is 0.0975. The Balaban J connectivity index is 2.56. The molecule has 1 heterocycles. The fourth-order valence-corrected chi connectivity index (χ4v) is 2.95. The van der Waals surface area contributed by atoms with E-state index in [2.05, 4.69) is 0 Å². The van der Waals surface area contributed by atoms with Crippen LogP contribution in [-0.4, -0.2) is 59.2 Å². The molecule has 5 nitrogen and oxygen atoms in total. The summed E-state index contributed by atoms with van der Waals surface area (Å²) in [4.78, 5) is 24.7. The lowest BCUT2D eigenvalue weighted by molar-refractivity contribution is -0.154. The molecule has 1 saturated heterocycles. The molecule has 0 aliphatic carbocycles. The van der Waals surface area contributed by atoms with Gasteiger partial charge in [0.2, 0.25) is 0 Å². The molecule has 104 valence electrons. The first-order valence-corrected chi connectivity index (χ1v) is 7.54.